The molecule has 1 saturated heterocycles. The molecular formula is C11H18N4O. The number of ketones is 1. The number of carbonyl (C=O) groups is 1. The van der Waals surface area contributed by atoms with E-state index in [1.54, 1.807) is 10.9 Å². The van der Waals surface area contributed by atoms with Crippen LogP contribution in [0.2, 0.25) is 0 Å². The molecule has 5 heteroatoms. The highest BCUT2D eigenvalue weighted by Gasteiger charge is 2.20. The molecule has 0 spiro atoms. The number of nitrogens with one attached hydrogen (secondary N) is 1. The first kappa shape index (κ1) is 11.3. The fourth-order valence-corrected chi connectivity index (χ4v) is 2.08. The molecule has 88 valence electrons. The van der Waals surface area contributed by atoms with Gasteiger partial charge in [0.1, 0.15) is 0 Å². The van der Waals surface area contributed by atoms with Crippen LogP contribution in [0.4, 0.5) is 0 Å². The van der Waals surface area contributed by atoms with E-state index in [-0.39, 0.29) is 11.8 Å². The predicted octanol–water partition coefficient (Wildman–Crippen LogP) is 0.459. The van der Waals surface area contributed by atoms with Gasteiger partial charge in [-0.2, -0.15) is 0 Å². The van der Waals surface area contributed by atoms with Crippen LogP contribution in [0.15, 0.2) is 6.20 Å². The zero-order valence-electron chi connectivity index (χ0n) is 9.65. The number of carbonyl (C=O) groups excluding carboxylic acids is 1. The second-order valence-corrected chi connectivity index (χ2v) is 4.38. The van der Waals surface area contributed by atoms with Gasteiger partial charge in [0, 0.05) is 13.2 Å². The van der Waals surface area contributed by atoms with Crippen molar-refractivity contribution in [2.45, 2.75) is 38.1 Å². The lowest BCUT2D eigenvalue weighted by Gasteiger charge is -2.13. The average molecular weight is 222 g/mol. The monoisotopic (exact) mass is 222 g/mol. The average Bonchev–Trinajstić information content (AvgIpc) is 2.56. The number of rotatable bonds is 3. The molecule has 2 rings (SSSR count). The summed E-state index contributed by atoms with van der Waals surface area (Å²) in [5.41, 5.74) is 0.763. The van der Waals surface area contributed by atoms with Crippen molar-refractivity contribution in [2.75, 3.05) is 6.54 Å². The first-order valence-electron chi connectivity index (χ1n) is 5.87. The van der Waals surface area contributed by atoms with Gasteiger partial charge < -0.3 is 5.32 Å². The van der Waals surface area contributed by atoms with E-state index in [9.17, 15) is 4.79 Å². The molecule has 1 atom stereocenters. The molecule has 0 radical (unpaired) electrons. The van der Waals surface area contributed by atoms with Crippen LogP contribution in [-0.4, -0.2) is 33.4 Å². The van der Waals surface area contributed by atoms with Crippen molar-refractivity contribution >= 4 is 5.78 Å². The Labute approximate surface area is 95.2 Å². The topological polar surface area (TPSA) is 59.8 Å². The van der Waals surface area contributed by atoms with Crippen molar-refractivity contribution < 1.29 is 4.79 Å². The van der Waals surface area contributed by atoms with Crippen LogP contribution >= 0.6 is 0 Å². The molecule has 1 unspecified atom stereocenters. The number of hydrogen-bond acceptors (Lipinski definition) is 4. The molecule has 0 aromatic carbocycles. The molecule has 0 aliphatic carbocycles. The van der Waals surface area contributed by atoms with Crippen molar-refractivity contribution in [2.24, 2.45) is 7.05 Å². The van der Waals surface area contributed by atoms with Crippen LogP contribution in [0.5, 0.6) is 0 Å². The number of Topliss-reactive ketones (excluding diaryl/α,β-unsaturated/α-hetero) is 1. The van der Waals surface area contributed by atoms with Gasteiger partial charge in [0.05, 0.1) is 18.2 Å². The third-order valence-corrected chi connectivity index (χ3v) is 2.95. The van der Waals surface area contributed by atoms with E-state index in [0.717, 1.165) is 25.1 Å². The lowest BCUT2D eigenvalue weighted by Crippen LogP contribution is -2.37. The molecule has 1 aliphatic heterocycles. The first-order valence-corrected chi connectivity index (χ1v) is 5.87. The molecule has 1 aliphatic rings. The van der Waals surface area contributed by atoms with Crippen LogP contribution in [0, 0.1) is 0 Å². The molecule has 1 fully saturated rings. The number of nitrogens with zero attached hydrogens (tertiary/aromatic N) is 3. The minimum atomic E-state index is 0.0181. The van der Waals surface area contributed by atoms with Crippen LogP contribution in [0.25, 0.3) is 0 Å². The van der Waals surface area contributed by atoms with Gasteiger partial charge in [-0.3, -0.25) is 9.48 Å². The minimum absolute atomic E-state index is 0.0181. The van der Waals surface area contributed by atoms with Gasteiger partial charge >= 0.3 is 0 Å². The molecule has 1 aromatic rings. The molecule has 0 bridgehead atoms. The highest BCUT2D eigenvalue weighted by Crippen LogP contribution is 2.10. The summed E-state index contributed by atoms with van der Waals surface area (Å²) in [7, 11) is 1.81. The van der Waals surface area contributed by atoms with Gasteiger partial charge in [0.15, 0.2) is 5.78 Å². The zero-order chi connectivity index (χ0) is 11.4. The van der Waals surface area contributed by atoms with Crippen LogP contribution in [0.1, 0.15) is 31.4 Å². The molecule has 1 N–H and O–H groups in total. The van der Waals surface area contributed by atoms with E-state index in [0.29, 0.717) is 6.42 Å². The van der Waals surface area contributed by atoms with Gasteiger partial charge in [0.25, 0.3) is 0 Å². The summed E-state index contributed by atoms with van der Waals surface area (Å²) in [6.07, 6.45) is 6.69. The Morgan fingerprint density at radius 2 is 2.44 bits per heavy atom. The van der Waals surface area contributed by atoms with Crippen LogP contribution in [-0.2, 0) is 18.3 Å². The Bertz CT molecular complexity index is 353. The fraction of sp³-hybridized carbons (Fsp3) is 0.727. The maximum absolute atomic E-state index is 12.0. The third kappa shape index (κ3) is 2.88. The second kappa shape index (κ2) is 5.21. The molecular weight excluding hydrogens is 204 g/mol. The summed E-state index contributed by atoms with van der Waals surface area (Å²) in [5, 5.41) is 11.1. The molecule has 16 heavy (non-hydrogen) atoms. The predicted molar refractivity (Wildman–Crippen MR) is 60.0 cm³/mol. The Balaban J connectivity index is 1.91. The van der Waals surface area contributed by atoms with E-state index in [4.69, 9.17) is 0 Å². The summed E-state index contributed by atoms with van der Waals surface area (Å²) >= 11 is 0. The first-order chi connectivity index (χ1) is 7.75. The Morgan fingerprint density at radius 1 is 1.56 bits per heavy atom. The Hall–Kier alpha value is -1.23. The summed E-state index contributed by atoms with van der Waals surface area (Å²) in [5.74, 6) is 0.238. The Kier molecular flexibility index (Phi) is 3.66. The normalized spacial score (nSPS) is 21.7. The van der Waals surface area contributed by atoms with Crippen LogP contribution < -0.4 is 5.32 Å². The lowest BCUT2D eigenvalue weighted by atomic mass is 10.0. The summed E-state index contributed by atoms with van der Waals surface area (Å²) in [6.45, 7) is 0.955. The largest absolute Gasteiger partial charge is 0.307 e. The standard InChI is InChI=1S/C11H18N4O/c1-15-8-9(13-14-15)7-11(16)10-5-3-2-4-6-12-10/h8,10,12H,2-7H2,1H3. The zero-order valence-corrected chi connectivity index (χ0v) is 9.65. The summed E-state index contributed by atoms with van der Waals surface area (Å²) in [4.78, 5) is 12.0. The van der Waals surface area contributed by atoms with Crippen molar-refractivity contribution in [3.05, 3.63) is 11.9 Å². The van der Waals surface area contributed by atoms with Crippen molar-refractivity contribution in [3.8, 4) is 0 Å². The van der Waals surface area contributed by atoms with E-state index < -0.39 is 0 Å². The Morgan fingerprint density at radius 3 is 3.19 bits per heavy atom. The van der Waals surface area contributed by atoms with Crippen molar-refractivity contribution in [1.29, 1.82) is 0 Å². The molecule has 0 amide bonds. The lowest BCUT2D eigenvalue weighted by molar-refractivity contribution is -0.120. The smallest absolute Gasteiger partial charge is 0.155 e. The summed E-state index contributed by atoms with van der Waals surface area (Å²) in [6, 6.07) is 0.0181. The SMILES string of the molecule is Cn1cc(CC(=O)C2CCCCCN2)nn1. The molecule has 0 saturated carbocycles. The quantitative estimate of drug-likeness (QED) is 0.807. The third-order valence-electron chi connectivity index (χ3n) is 2.95. The van der Waals surface area contributed by atoms with Gasteiger partial charge in [-0.25, -0.2) is 0 Å². The van der Waals surface area contributed by atoms with Gasteiger partial charge in [-0.1, -0.05) is 18.1 Å². The maximum atomic E-state index is 12.0. The van der Waals surface area contributed by atoms with E-state index in [2.05, 4.69) is 15.6 Å². The van der Waals surface area contributed by atoms with Crippen LogP contribution in [0.3, 0.4) is 0 Å². The highest BCUT2D eigenvalue weighted by atomic mass is 16.1. The summed E-state index contributed by atoms with van der Waals surface area (Å²) < 4.78 is 1.63. The fourth-order valence-electron chi connectivity index (χ4n) is 2.08. The molecule has 1 aromatic heterocycles. The highest BCUT2D eigenvalue weighted by molar-refractivity contribution is 5.85. The maximum Gasteiger partial charge on any atom is 0.155 e. The van der Waals surface area contributed by atoms with E-state index in [1.165, 1.54) is 12.8 Å². The molecule has 5 nitrogen and oxygen atoms in total. The van der Waals surface area contributed by atoms with Gasteiger partial charge in [-0.15, -0.1) is 5.10 Å². The van der Waals surface area contributed by atoms with Gasteiger partial charge in [-0.05, 0) is 19.4 Å². The van der Waals surface area contributed by atoms with Crippen molar-refractivity contribution in [3.63, 3.8) is 0 Å². The van der Waals surface area contributed by atoms with Crippen molar-refractivity contribution in [1.82, 2.24) is 20.3 Å². The van der Waals surface area contributed by atoms with Gasteiger partial charge in [0.2, 0.25) is 0 Å². The van der Waals surface area contributed by atoms with E-state index >= 15 is 0 Å². The molecule has 2 heterocycles. The number of aryl methyl sites for hydroxylation is 1. The second-order valence-electron chi connectivity index (χ2n) is 4.38. The minimum Gasteiger partial charge on any atom is -0.307 e. The number of aromatic nitrogens is 3. The number of hydrogen-bond donors (Lipinski definition) is 1. The van der Waals surface area contributed by atoms with E-state index in [1.807, 2.05) is 7.05 Å².